The summed E-state index contributed by atoms with van der Waals surface area (Å²) in [5.41, 5.74) is -0.935. The predicted molar refractivity (Wildman–Crippen MR) is 178 cm³/mol. The van der Waals surface area contributed by atoms with Gasteiger partial charge in [-0.1, -0.05) is 18.8 Å². The van der Waals surface area contributed by atoms with Gasteiger partial charge in [-0.3, -0.25) is 0 Å². The summed E-state index contributed by atoms with van der Waals surface area (Å²) in [4.78, 5) is 35.2. The van der Waals surface area contributed by atoms with Crippen molar-refractivity contribution in [2.45, 2.75) is 84.8 Å². The molecule has 0 spiro atoms. The molecule has 0 aromatic rings. The number of nitrogens with zero attached hydrogens (tertiary/aromatic N) is 1. The van der Waals surface area contributed by atoms with E-state index in [1.54, 1.807) is 0 Å². The van der Waals surface area contributed by atoms with Gasteiger partial charge in [-0.2, -0.15) is 0 Å². The van der Waals surface area contributed by atoms with Crippen molar-refractivity contribution >= 4 is 18.5 Å². The zero-order chi connectivity index (χ0) is 34.9. The number of carbonyl (C=O) groups is 3. The molecule has 2 N–H and O–H groups in total. The van der Waals surface area contributed by atoms with Gasteiger partial charge < -0.3 is 53.5 Å². The highest BCUT2D eigenvalue weighted by atomic mass is 16.6. The van der Waals surface area contributed by atoms with E-state index in [0.29, 0.717) is 85.6 Å². The molecule has 0 fully saturated rings. The lowest BCUT2D eigenvalue weighted by Gasteiger charge is -2.20. The standard InChI is InChI=1S/C21H43N3O5.C12H20O5/c1-20(2,3)28-18(25)22-12-10-8-9-11-14-24(7)15-17-27-16-13-23-19(26)29-21(4,5)6;1-2-5-14-7-9-16-11-12-17-10-8-15-6-3-4-13/h8-17H2,1-7H3,(H,22,25)(H,23,26);1,4H,3,5-12H2. The third kappa shape index (κ3) is 41.5. The molecule has 0 atom stereocenters. The molecule has 0 rings (SSSR count). The van der Waals surface area contributed by atoms with Gasteiger partial charge in [0.15, 0.2) is 0 Å². The molecule has 0 aliphatic heterocycles. The number of alkyl carbamates (subject to hydrolysis) is 2. The molecule has 270 valence electrons. The van der Waals surface area contributed by atoms with Crippen LogP contribution >= 0.6 is 0 Å². The fraction of sp³-hybridized carbons (Fsp3) is 0.848. The Morgan fingerprint density at radius 1 is 0.652 bits per heavy atom. The highest BCUT2D eigenvalue weighted by molar-refractivity contribution is 5.67. The van der Waals surface area contributed by atoms with Gasteiger partial charge in [0.2, 0.25) is 0 Å². The SMILES string of the molecule is C#CCOCCOCCOCCOCCC=O.CN(CCCCCCNC(=O)OC(C)(C)C)CCOCCNC(=O)OC(C)(C)C. The normalized spacial score (nSPS) is 11.3. The van der Waals surface area contributed by atoms with Crippen molar-refractivity contribution in [2.24, 2.45) is 0 Å². The van der Waals surface area contributed by atoms with Crippen LogP contribution in [0.4, 0.5) is 9.59 Å². The molecule has 0 aromatic carbocycles. The number of hydrogen-bond donors (Lipinski definition) is 2. The van der Waals surface area contributed by atoms with Crippen molar-refractivity contribution in [1.82, 2.24) is 15.5 Å². The molecule has 0 aliphatic rings. The lowest BCUT2D eigenvalue weighted by molar-refractivity contribution is -0.109. The highest BCUT2D eigenvalue weighted by Gasteiger charge is 2.16. The molecule has 2 amide bonds. The van der Waals surface area contributed by atoms with Gasteiger partial charge >= 0.3 is 12.2 Å². The van der Waals surface area contributed by atoms with E-state index in [1.165, 1.54) is 0 Å². The summed E-state index contributed by atoms with van der Waals surface area (Å²) >= 11 is 0. The van der Waals surface area contributed by atoms with Crippen LogP contribution in [0.2, 0.25) is 0 Å². The van der Waals surface area contributed by atoms with Gasteiger partial charge in [0.05, 0.1) is 59.5 Å². The minimum atomic E-state index is -0.484. The fourth-order valence-corrected chi connectivity index (χ4v) is 3.26. The first-order valence-electron chi connectivity index (χ1n) is 16.2. The molecule has 0 aromatic heterocycles. The topological polar surface area (TPSA) is 143 Å². The Kier molecular flexibility index (Phi) is 30.9. The maximum Gasteiger partial charge on any atom is 0.407 e. The van der Waals surface area contributed by atoms with E-state index in [0.717, 1.165) is 45.1 Å². The number of unbranched alkanes of at least 4 members (excludes halogenated alkanes) is 3. The van der Waals surface area contributed by atoms with Crippen molar-refractivity contribution in [3.8, 4) is 12.3 Å². The number of rotatable bonds is 26. The lowest BCUT2D eigenvalue weighted by atomic mass is 10.2. The average Bonchev–Trinajstić information content (AvgIpc) is 2.95. The van der Waals surface area contributed by atoms with Gasteiger partial charge in [0.1, 0.15) is 24.1 Å². The molecule has 0 radical (unpaired) electrons. The average molecular weight is 662 g/mol. The number of carbonyl (C=O) groups excluding carboxylic acids is 3. The van der Waals surface area contributed by atoms with Crippen molar-refractivity contribution in [2.75, 3.05) is 99.3 Å². The molecule has 0 unspecified atom stereocenters. The van der Waals surface area contributed by atoms with E-state index in [9.17, 15) is 14.4 Å². The smallest absolute Gasteiger partial charge is 0.407 e. The second-order valence-electron chi connectivity index (χ2n) is 12.2. The minimum Gasteiger partial charge on any atom is -0.444 e. The first-order chi connectivity index (χ1) is 21.8. The zero-order valence-electron chi connectivity index (χ0n) is 29.6. The number of amides is 2. The summed E-state index contributed by atoms with van der Waals surface area (Å²) in [6.07, 6.45) is 9.77. The van der Waals surface area contributed by atoms with Crippen LogP contribution in [0, 0.1) is 12.3 Å². The van der Waals surface area contributed by atoms with Crippen molar-refractivity contribution in [3.05, 3.63) is 0 Å². The third-order valence-electron chi connectivity index (χ3n) is 5.35. The molecule has 0 saturated carbocycles. The van der Waals surface area contributed by atoms with Crippen LogP contribution < -0.4 is 10.6 Å². The van der Waals surface area contributed by atoms with Crippen LogP contribution in [0.1, 0.15) is 73.6 Å². The van der Waals surface area contributed by atoms with Gasteiger partial charge in [-0.25, -0.2) is 9.59 Å². The molecule has 13 nitrogen and oxygen atoms in total. The second-order valence-corrected chi connectivity index (χ2v) is 12.2. The summed E-state index contributed by atoms with van der Waals surface area (Å²) in [5, 5.41) is 5.45. The fourth-order valence-electron chi connectivity index (χ4n) is 3.26. The Balaban J connectivity index is 0. The van der Waals surface area contributed by atoms with E-state index >= 15 is 0 Å². The van der Waals surface area contributed by atoms with Crippen LogP contribution in [0.3, 0.4) is 0 Å². The van der Waals surface area contributed by atoms with E-state index in [1.807, 2.05) is 41.5 Å². The summed E-state index contributed by atoms with van der Waals surface area (Å²) in [5.74, 6) is 2.37. The Bertz CT molecular complexity index is 779. The molecular weight excluding hydrogens is 598 g/mol. The molecule has 46 heavy (non-hydrogen) atoms. The summed E-state index contributed by atoms with van der Waals surface area (Å²) in [7, 11) is 2.08. The maximum atomic E-state index is 11.5. The third-order valence-corrected chi connectivity index (χ3v) is 5.35. The van der Waals surface area contributed by atoms with Gasteiger partial charge in [-0.15, -0.1) is 6.42 Å². The van der Waals surface area contributed by atoms with Crippen LogP contribution in [0.25, 0.3) is 0 Å². The number of terminal acetylenes is 1. The summed E-state index contributed by atoms with van der Waals surface area (Å²) < 4.78 is 36.5. The first kappa shape index (κ1) is 45.7. The molecule has 0 aliphatic carbocycles. The zero-order valence-corrected chi connectivity index (χ0v) is 29.6. The predicted octanol–water partition coefficient (Wildman–Crippen LogP) is 3.82. The van der Waals surface area contributed by atoms with Crippen molar-refractivity contribution in [3.63, 3.8) is 0 Å². The Hall–Kier alpha value is -2.47. The minimum absolute atomic E-state index is 0.317. The second kappa shape index (κ2) is 31.1. The largest absolute Gasteiger partial charge is 0.444 e. The monoisotopic (exact) mass is 661 g/mol. The number of hydrogen-bond acceptors (Lipinski definition) is 11. The van der Waals surface area contributed by atoms with Crippen LogP contribution in [-0.2, 0) is 38.0 Å². The quantitative estimate of drug-likeness (QED) is 0.0794. The van der Waals surface area contributed by atoms with Crippen LogP contribution in [0.15, 0.2) is 0 Å². The number of ether oxygens (including phenoxy) is 7. The van der Waals surface area contributed by atoms with Gasteiger partial charge in [0.25, 0.3) is 0 Å². The van der Waals surface area contributed by atoms with Gasteiger partial charge in [-0.05, 0) is 68.0 Å². The summed E-state index contributed by atoms with van der Waals surface area (Å²) in [6.45, 7) is 19.0. The van der Waals surface area contributed by atoms with Crippen LogP contribution in [-0.4, -0.2) is 134 Å². The number of aldehydes is 1. The Morgan fingerprint density at radius 2 is 1.13 bits per heavy atom. The Labute approximate surface area is 278 Å². The number of nitrogens with one attached hydrogen (secondary N) is 2. The summed E-state index contributed by atoms with van der Waals surface area (Å²) in [6, 6.07) is 0. The van der Waals surface area contributed by atoms with E-state index in [-0.39, 0.29) is 6.09 Å². The van der Waals surface area contributed by atoms with E-state index in [2.05, 4.69) is 28.5 Å². The van der Waals surface area contributed by atoms with Gasteiger partial charge in [0, 0.05) is 26.1 Å². The van der Waals surface area contributed by atoms with E-state index < -0.39 is 17.3 Å². The van der Waals surface area contributed by atoms with Crippen molar-refractivity contribution < 1.29 is 47.5 Å². The molecular formula is C33H63N3O10. The van der Waals surface area contributed by atoms with Crippen molar-refractivity contribution in [1.29, 1.82) is 0 Å². The van der Waals surface area contributed by atoms with E-state index in [4.69, 9.17) is 39.6 Å². The molecule has 0 saturated heterocycles. The molecule has 0 heterocycles. The highest BCUT2D eigenvalue weighted by Crippen LogP contribution is 2.07. The lowest BCUT2D eigenvalue weighted by Crippen LogP contribution is -2.34. The first-order valence-corrected chi connectivity index (χ1v) is 16.2. The Morgan fingerprint density at radius 3 is 1.65 bits per heavy atom. The molecule has 0 bridgehead atoms. The van der Waals surface area contributed by atoms with Crippen LogP contribution in [0.5, 0.6) is 0 Å². The maximum absolute atomic E-state index is 11.5. The molecule has 13 heteroatoms. The number of likely N-dealkylation sites (N-methyl/N-ethyl adjacent to an activating group) is 1.